The van der Waals surface area contributed by atoms with E-state index in [1.165, 1.54) is 12.0 Å². The van der Waals surface area contributed by atoms with E-state index in [0.717, 1.165) is 24.7 Å². The molecule has 0 aliphatic carbocycles. The standard InChI is InChI=1S/C14H23ClN4/c1-18-8-3-9-19(2)13(10-18)14(17-16)11-4-6-12(15)7-5-11/h4-7,13-14,17H,3,8-10,16H2,1-2H3. The molecule has 0 aromatic heterocycles. The van der Waals surface area contributed by atoms with Crippen molar-refractivity contribution in [2.45, 2.75) is 18.5 Å². The van der Waals surface area contributed by atoms with E-state index in [1.807, 2.05) is 24.3 Å². The number of nitrogens with zero attached hydrogens (tertiary/aromatic N) is 2. The lowest BCUT2D eigenvalue weighted by Gasteiger charge is -2.34. The third kappa shape index (κ3) is 3.68. The molecule has 1 aliphatic rings. The number of hydrogen-bond acceptors (Lipinski definition) is 4. The van der Waals surface area contributed by atoms with Crippen LogP contribution in [0.3, 0.4) is 0 Å². The third-order valence-corrected chi connectivity index (χ3v) is 4.16. The first-order valence-corrected chi connectivity index (χ1v) is 7.10. The summed E-state index contributed by atoms with van der Waals surface area (Å²) in [5.74, 6) is 5.80. The van der Waals surface area contributed by atoms with Gasteiger partial charge >= 0.3 is 0 Å². The molecule has 1 heterocycles. The van der Waals surface area contributed by atoms with Gasteiger partial charge in [0.2, 0.25) is 0 Å². The molecule has 1 saturated heterocycles. The molecule has 5 heteroatoms. The predicted molar refractivity (Wildman–Crippen MR) is 80.0 cm³/mol. The van der Waals surface area contributed by atoms with Gasteiger partial charge in [-0.15, -0.1) is 0 Å². The minimum atomic E-state index is 0.114. The lowest BCUT2D eigenvalue weighted by atomic mass is 9.98. The van der Waals surface area contributed by atoms with Crippen LogP contribution >= 0.6 is 11.6 Å². The van der Waals surface area contributed by atoms with E-state index in [2.05, 4.69) is 29.3 Å². The van der Waals surface area contributed by atoms with E-state index in [-0.39, 0.29) is 6.04 Å². The molecule has 1 aliphatic heterocycles. The molecule has 19 heavy (non-hydrogen) atoms. The lowest BCUT2D eigenvalue weighted by molar-refractivity contribution is 0.178. The molecule has 3 N–H and O–H groups in total. The highest BCUT2D eigenvalue weighted by molar-refractivity contribution is 6.30. The van der Waals surface area contributed by atoms with Crippen molar-refractivity contribution in [3.05, 3.63) is 34.9 Å². The highest BCUT2D eigenvalue weighted by Crippen LogP contribution is 2.23. The minimum absolute atomic E-state index is 0.114. The zero-order valence-electron chi connectivity index (χ0n) is 11.6. The lowest BCUT2D eigenvalue weighted by Crippen LogP contribution is -2.48. The molecule has 0 spiro atoms. The van der Waals surface area contributed by atoms with Gasteiger partial charge in [-0.25, -0.2) is 0 Å². The van der Waals surface area contributed by atoms with Crippen LogP contribution in [-0.4, -0.2) is 49.6 Å². The van der Waals surface area contributed by atoms with Crippen LogP contribution in [0.1, 0.15) is 18.0 Å². The van der Waals surface area contributed by atoms with E-state index in [1.54, 1.807) is 0 Å². The SMILES string of the molecule is CN1CCCN(C)C(C(NN)c2ccc(Cl)cc2)C1. The molecule has 2 rings (SSSR count). The van der Waals surface area contributed by atoms with Gasteiger partial charge in [0.15, 0.2) is 0 Å². The quantitative estimate of drug-likeness (QED) is 0.651. The summed E-state index contributed by atoms with van der Waals surface area (Å²) < 4.78 is 0. The number of nitrogens with two attached hydrogens (primary N) is 1. The van der Waals surface area contributed by atoms with Gasteiger partial charge in [-0.2, -0.15) is 0 Å². The number of benzene rings is 1. The number of nitrogens with one attached hydrogen (secondary N) is 1. The molecule has 1 aromatic rings. The molecule has 0 radical (unpaired) electrons. The van der Waals surface area contributed by atoms with Crippen LogP contribution in [0.5, 0.6) is 0 Å². The summed E-state index contributed by atoms with van der Waals surface area (Å²) in [6.45, 7) is 3.24. The van der Waals surface area contributed by atoms with Gasteiger partial charge < -0.3 is 9.80 Å². The summed E-state index contributed by atoms with van der Waals surface area (Å²) in [7, 11) is 4.34. The fraction of sp³-hybridized carbons (Fsp3) is 0.571. The number of hydrazine groups is 1. The second-order valence-electron chi connectivity index (χ2n) is 5.36. The highest BCUT2D eigenvalue weighted by Gasteiger charge is 2.28. The van der Waals surface area contributed by atoms with Crippen molar-refractivity contribution in [1.29, 1.82) is 0 Å². The van der Waals surface area contributed by atoms with Crippen LogP contribution in [0.2, 0.25) is 5.02 Å². The van der Waals surface area contributed by atoms with E-state index >= 15 is 0 Å². The maximum absolute atomic E-state index is 5.95. The summed E-state index contributed by atoms with van der Waals surface area (Å²) in [6, 6.07) is 8.40. The summed E-state index contributed by atoms with van der Waals surface area (Å²) in [6.07, 6.45) is 1.20. The maximum atomic E-state index is 5.95. The second kappa shape index (κ2) is 6.68. The molecule has 2 unspecified atom stereocenters. The Morgan fingerprint density at radius 3 is 2.58 bits per heavy atom. The largest absolute Gasteiger partial charge is 0.305 e. The third-order valence-electron chi connectivity index (χ3n) is 3.91. The molecule has 106 valence electrons. The minimum Gasteiger partial charge on any atom is -0.305 e. The summed E-state index contributed by atoms with van der Waals surface area (Å²) >= 11 is 5.95. The van der Waals surface area contributed by atoms with E-state index in [9.17, 15) is 0 Å². The van der Waals surface area contributed by atoms with Crippen molar-refractivity contribution < 1.29 is 0 Å². The van der Waals surface area contributed by atoms with Gasteiger partial charge in [0.05, 0.1) is 6.04 Å². The van der Waals surface area contributed by atoms with Gasteiger partial charge in [0, 0.05) is 17.6 Å². The first kappa shape index (κ1) is 14.8. The number of halogens is 1. The van der Waals surface area contributed by atoms with E-state index < -0.39 is 0 Å². The maximum Gasteiger partial charge on any atom is 0.0627 e. The van der Waals surface area contributed by atoms with Gasteiger partial charge in [-0.05, 0) is 51.3 Å². The van der Waals surface area contributed by atoms with Crippen LogP contribution in [0, 0.1) is 0 Å². The predicted octanol–water partition coefficient (Wildman–Crippen LogP) is 1.48. The van der Waals surface area contributed by atoms with Crippen molar-refractivity contribution >= 4 is 11.6 Å². The second-order valence-corrected chi connectivity index (χ2v) is 5.80. The first-order valence-electron chi connectivity index (χ1n) is 6.72. The molecule has 2 atom stereocenters. The topological polar surface area (TPSA) is 44.5 Å². The molecule has 4 nitrogen and oxygen atoms in total. The number of rotatable bonds is 3. The fourth-order valence-corrected chi connectivity index (χ4v) is 2.89. The van der Waals surface area contributed by atoms with Crippen LogP contribution < -0.4 is 11.3 Å². The fourth-order valence-electron chi connectivity index (χ4n) is 2.77. The zero-order valence-corrected chi connectivity index (χ0v) is 12.4. The van der Waals surface area contributed by atoms with Crippen molar-refractivity contribution in [3.8, 4) is 0 Å². The van der Waals surface area contributed by atoms with E-state index in [0.29, 0.717) is 6.04 Å². The Bertz CT molecular complexity index is 395. The van der Waals surface area contributed by atoms with Crippen molar-refractivity contribution in [2.75, 3.05) is 33.7 Å². The average molecular weight is 283 g/mol. The summed E-state index contributed by atoms with van der Waals surface area (Å²) in [4.78, 5) is 4.76. The Morgan fingerprint density at radius 1 is 1.26 bits per heavy atom. The Morgan fingerprint density at radius 2 is 1.95 bits per heavy atom. The van der Waals surface area contributed by atoms with Gasteiger partial charge in [-0.3, -0.25) is 11.3 Å². The molecular formula is C14H23ClN4. The van der Waals surface area contributed by atoms with Crippen LogP contribution in [0.15, 0.2) is 24.3 Å². The van der Waals surface area contributed by atoms with Gasteiger partial charge in [0.25, 0.3) is 0 Å². The zero-order chi connectivity index (χ0) is 13.8. The smallest absolute Gasteiger partial charge is 0.0627 e. The summed E-state index contributed by atoms with van der Waals surface area (Å²) in [5, 5.41) is 0.755. The van der Waals surface area contributed by atoms with Gasteiger partial charge in [0.1, 0.15) is 0 Å². The normalized spacial score (nSPS) is 24.1. The Kier molecular flexibility index (Phi) is 5.19. The van der Waals surface area contributed by atoms with Crippen molar-refractivity contribution in [3.63, 3.8) is 0 Å². The number of hydrogen-bond donors (Lipinski definition) is 2. The highest BCUT2D eigenvalue weighted by atomic mass is 35.5. The summed E-state index contributed by atoms with van der Waals surface area (Å²) in [5.41, 5.74) is 4.15. The molecule has 0 bridgehead atoms. The Labute approximate surface area is 120 Å². The number of likely N-dealkylation sites (N-methyl/N-ethyl adjacent to an activating group) is 2. The molecule has 0 saturated carbocycles. The van der Waals surface area contributed by atoms with Crippen LogP contribution in [0.4, 0.5) is 0 Å². The average Bonchev–Trinajstić information content (AvgIpc) is 2.55. The van der Waals surface area contributed by atoms with Crippen LogP contribution in [0.25, 0.3) is 0 Å². The van der Waals surface area contributed by atoms with Crippen molar-refractivity contribution in [1.82, 2.24) is 15.2 Å². The molecule has 0 amide bonds. The first-order chi connectivity index (χ1) is 9.11. The van der Waals surface area contributed by atoms with Gasteiger partial charge in [-0.1, -0.05) is 23.7 Å². The molecule has 1 fully saturated rings. The van der Waals surface area contributed by atoms with Crippen LogP contribution in [-0.2, 0) is 0 Å². The Balaban J connectivity index is 2.21. The van der Waals surface area contributed by atoms with E-state index in [4.69, 9.17) is 17.4 Å². The molecule has 1 aromatic carbocycles. The molecular weight excluding hydrogens is 260 g/mol. The van der Waals surface area contributed by atoms with Crippen molar-refractivity contribution in [2.24, 2.45) is 5.84 Å². The Hall–Kier alpha value is -0.650. The monoisotopic (exact) mass is 282 g/mol.